The van der Waals surface area contributed by atoms with Crippen molar-refractivity contribution in [1.82, 2.24) is 10.3 Å². The summed E-state index contributed by atoms with van der Waals surface area (Å²) in [6.07, 6.45) is -2.55. The zero-order chi connectivity index (χ0) is 15.0. The molecule has 21 heavy (non-hydrogen) atoms. The Morgan fingerprint density at radius 1 is 1.29 bits per heavy atom. The van der Waals surface area contributed by atoms with Crippen molar-refractivity contribution >= 4 is 5.78 Å². The van der Waals surface area contributed by atoms with Gasteiger partial charge < -0.3 is 10.1 Å². The topological polar surface area (TPSA) is 51.2 Å². The van der Waals surface area contributed by atoms with E-state index in [0.29, 0.717) is 26.1 Å². The van der Waals surface area contributed by atoms with Gasteiger partial charge in [-0.1, -0.05) is 0 Å². The van der Waals surface area contributed by atoms with Gasteiger partial charge in [-0.25, -0.2) is 0 Å². The Morgan fingerprint density at radius 2 is 1.95 bits per heavy atom. The minimum atomic E-state index is -4.61. The lowest BCUT2D eigenvalue weighted by Gasteiger charge is -2.39. The number of aromatic nitrogens is 1. The maximum absolute atomic E-state index is 13.0. The number of hydrogen-bond acceptors (Lipinski definition) is 4. The van der Waals surface area contributed by atoms with Gasteiger partial charge in [0.15, 0.2) is 11.5 Å². The van der Waals surface area contributed by atoms with Crippen LogP contribution in [0.2, 0.25) is 0 Å². The van der Waals surface area contributed by atoms with E-state index in [2.05, 4.69) is 10.3 Å². The number of morpholine rings is 1. The largest absolute Gasteiger partial charge is 0.434 e. The lowest BCUT2D eigenvalue weighted by Crippen LogP contribution is -2.55. The van der Waals surface area contributed by atoms with E-state index in [1.165, 1.54) is 12.1 Å². The van der Waals surface area contributed by atoms with E-state index in [1.807, 2.05) is 0 Å². The molecule has 0 saturated carbocycles. The Labute approximate surface area is 119 Å². The van der Waals surface area contributed by atoms with Crippen LogP contribution >= 0.6 is 0 Å². The van der Waals surface area contributed by atoms with Crippen molar-refractivity contribution in [3.8, 4) is 0 Å². The zero-order valence-corrected chi connectivity index (χ0v) is 11.2. The summed E-state index contributed by atoms with van der Waals surface area (Å²) >= 11 is 0. The Hall–Kier alpha value is -1.47. The van der Waals surface area contributed by atoms with Gasteiger partial charge >= 0.3 is 6.18 Å². The summed E-state index contributed by atoms with van der Waals surface area (Å²) in [4.78, 5) is 15.8. The first-order chi connectivity index (χ1) is 9.95. The summed E-state index contributed by atoms with van der Waals surface area (Å²) in [5.74, 6) is -0.871. The number of carbonyl (C=O) groups is 1. The average molecular weight is 300 g/mol. The van der Waals surface area contributed by atoms with E-state index in [9.17, 15) is 18.0 Å². The minimum Gasteiger partial charge on any atom is -0.378 e. The molecule has 114 valence electrons. The molecule has 1 aromatic heterocycles. The van der Waals surface area contributed by atoms with Crippen molar-refractivity contribution < 1.29 is 22.7 Å². The highest BCUT2D eigenvalue weighted by Crippen LogP contribution is 2.33. The van der Waals surface area contributed by atoms with E-state index in [1.54, 1.807) is 0 Å². The van der Waals surface area contributed by atoms with Crippen molar-refractivity contribution in [3.63, 3.8) is 0 Å². The first-order valence-electron chi connectivity index (χ1n) is 6.85. The molecule has 3 heterocycles. The summed E-state index contributed by atoms with van der Waals surface area (Å²) < 4.78 is 44.3. The number of ether oxygens (including phenoxy) is 1. The molecule has 0 radical (unpaired) electrons. The Bertz CT molecular complexity index is 535. The number of alkyl halides is 3. The van der Waals surface area contributed by atoms with Crippen LogP contribution in [0.5, 0.6) is 0 Å². The number of carbonyl (C=O) groups excluding carboxylic acids is 1. The number of Topliss-reactive ketones (excluding diaryl/α,β-unsaturated/α-hetero) is 1. The Kier molecular flexibility index (Phi) is 3.71. The lowest BCUT2D eigenvalue weighted by molar-refractivity contribution is -0.141. The van der Waals surface area contributed by atoms with Crippen LogP contribution in [0.3, 0.4) is 0 Å². The molecule has 3 rings (SSSR count). The van der Waals surface area contributed by atoms with Crippen molar-refractivity contribution in [2.24, 2.45) is 5.92 Å². The van der Waals surface area contributed by atoms with Gasteiger partial charge in [-0.2, -0.15) is 13.2 Å². The Morgan fingerprint density at radius 3 is 2.57 bits per heavy atom. The van der Waals surface area contributed by atoms with Crippen LogP contribution in [0.15, 0.2) is 18.3 Å². The number of halogens is 3. The summed E-state index contributed by atoms with van der Waals surface area (Å²) in [6, 6.07) is 2.66. The molecular weight excluding hydrogens is 285 g/mol. The van der Waals surface area contributed by atoms with Crippen LogP contribution in [0.25, 0.3) is 0 Å². The van der Waals surface area contributed by atoms with Crippen LogP contribution in [0.1, 0.15) is 28.9 Å². The Balaban J connectivity index is 1.86. The molecule has 0 aromatic carbocycles. The summed E-state index contributed by atoms with van der Waals surface area (Å²) in [6.45, 7) is 0.999. The SMILES string of the molecule is O=C(c1cccnc1C(F)(F)F)C1CC2COCC(C1)N2. The number of ketones is 1. The molecular formula is C14H15F3N2O2. The fourth-order valence-corrected chi connectivity index (χ4v) is 3.10. The maximum Gasteiger partial charge on any atom is 0.434 e. The number of pyridine rings is 1. The second-order valence-corrected chi connectivity index (χ2v) is 5.53. The van der Waals surface area contributed by atoms with Gasteiger partial charge in [-0.15, -0.1) is 0 Å². The standard InChI is InChI=1S/C14H15F3N2O2/c15-14(16,17)13-11(2-1-3-18-13)12(20)8-4-9-6-21-7-10(5-8)19-9/h1-3,8-10,19H,4-7H2. The monoisotopic (exact) mass is 300 g/mol. The fourth-order valence-electron chi connectivity index (χ4n) is 3.10. The van der Waals surface area contributed by atoms with Gasteiger partial charge in [-0.05, 0) is 25.0 Å². The number of rotatable bonds is 2. The molecule has 2 bridgehead atoms. The second-order valence-electron chi connectivity index (χ2n) is 5.53. The van der Waals surface area contributed by atoms with Crippen LogP contribution in [0, 0.1) is 5.92 Å². The molecule has 0 amide bonds. The molecule has 0 aliphatic carbocycles. The average Bonchev–Trinajstić information content (AvgIpc) is 2.45. The lowest BCUT2D eigenvalue weighted by atomic mass is 9.82. The predicted molar refractivity (Wildman–Crippen MR) is 67.8 cm³/mol. The third-order valence-electron chi connectivity index (χ3n) is 3.96. The molecule has 7 heteroatoms. The predicted octanol–water partition coefficient (Wildman–Crippen LogP) is 2.05. The van der Waals surface area contributed by atoms with Crippen LogP contribution in [-0.2, 0) is 10.9 Å². The first-order valence-corrected chi connectivity index (χ1v) is 6.85. The molecule has 2 fully saturated rings. The zero-order valence-electron chi connectivity index (χ0n) is 11.2. The molecule has 2 atom stereocenters. The van der Waals surface area contributed by atoms with Crippen LogP contribution in [0.4, 0.5) is 13.2 Å². The van der Waals surface area contributed by atoms with Crippen LogP contribution < -0.4 is 5.32 Å². The molecule has 2 aliphatic rings. The van der Waals surface area contributed by atoms with Gasteiger partial charge in [0.2, 0.25) is 0 Å². The van der Waals surface area contributed by atoms with Crippen molar-refractivity contribution in [2.75, 3.05) is 13.2 Å². The van der Waals surface area contributed by atoms with Gasteiger partial charge in [0.05, 0.1) is 13.2 Å². The number of hydrogen-bond donors (Lipinski definition) is 1. The molecule has 4 nitrogen and oxygen atoms in total. The van der Waals surface area contributed by atoms with Crippen molar-refractivity contribution in [2.45, 2.75) is 31.1 Å². The minimum absolute atomic E-state index is 0.0393. The molecule has 2 saturated heterocycles. The second kappa shape index (κ2) is 5.38. The third-order valence-corrected chi connectivity index (χ3v) is 3.96. The number of nitrogens with zero attached hydrogens (tertiary/aromatic N) is 1. The molecule has 1 aromatic rings. The van der Waals surface area contributed by atoms with Crippen molar-refractivity contribution in [3.05, 3.63) is 29.6 Å². The summed E-state index contributed by atoms with van der Waals surface area (Å²) in [5, 5.41) is 3.32. The first kappa shape index (κ1) is 14.5. The highest BCUT2D eigenvalue weighted by molar-refractivity contribution is 5.99. The van der Waals surface area contributed by atoms with Gasteiger partial charge in [0, 0.05) is 29.8 Å². The molecule has 2 aliphatic heterocycles. The normalized spacial score (nSPS) is 29.2. The maximum atomic E-state index is 13.0. The van der Waals surface area contributed by atoms with Crippen LogP contribution in [-0.4, -0.2) is 36.1 Å². The summed E-state index contributed by atoms with van der Waals surface area (Å²) in [7, 11) is 0. The number of piperidine rings is 1. The number of nitrogens with one attached hydrogen (secondary N) is 1. The fraction of sp³-hybridized carbons (Fsp3) is 0.571. The third kappa shape index (κ3) is 2.94. The highest BCUT2D eigenvalue weighted by atomic mass is 19.4. The highest BCUT2D eigenvalue weighted by Gasteiger charge is 2.41. The quantitative estimate of drug-likeness (QED) is 0.849. The van der Waals surface area contributed by atoms with E-state index in [0.717, 1.165) is 6.20 Å². The molecule has 0 spiro atoms. The smallest absolute Gasteiger partial charge is 0.378 e. The molecule has 2 unspecified atom stereocenters. The van der Waals surface area contributed by atoms with E-state index in [4.69, 9.17) is 4.74 Å². The van der Waals surface area contributed by atoms with E-state index >= 15 is 0 Å². The summed E-state index contributed by atoms with van der Waals surface area (Å²) in [5.41, 5.74) is -1.41. The van der Waals surface area contributed by atoms with Crippen molar-refractivity contribution in [1.29, 1.82) is 0 Å². The molecule has 1 N–H and O–H groups in total. The van der Waals surface area contributed by atoms with E-state index in [-0.39, 0.29) is 17.6 Å². The number of fused-ring (bicyclic) bond motifs is 2. The van der Waals surface area contributed by atoms with E-state index < -0.39 is 23.6 Å². The van der Waals surface area contributed by atoms with Gasteiger partial charge in [0.1, 0.15) is 0 Å². The van der Waals surface area contributed by atoms with Gasteiger partial charge in [-0.3, -0.25) is 9.78 Å². The van der Waals surface area contributed by atoms with Gasteiger partial charge in [0.25, 0.3) is 0 Å².